The van der Waals surface area contributed by atoms with Gasteiger partial charge in [-0.15, -0.1) is 0 Å². The van der Waals surface area contributed by atoms with Crippen LogP contribution in [0.3, 0.4) is 0 Å². The molecule has 0 bridgehead atoms. The van der Waals surface area contributed by atoms with E-state index in [0.29, 0.717) is 28.3 Å². The Balaban J connectivity index is 1.74. The number of nitrogens with one attached hydrogen (secondary N) is 1. The number of para-hydroxylation sites is 2. The van der Waals surface area contributed by atoms with Gasteiger partial charge < -0.3 is 5.32 Å². The van der Waals surface area contributed by atoms with Gasteiger partial charge >= 0.3 is 0 Å². The van der Waals surface area contributed by atoms with Crippen LogP contribution >= 0.6 is 0 Å². The van der Waals surface area contributed by atoms with E-state index in [-0.39, 0.29) is 22.6 Å². The largest absolute Gasteiger partial charge is 0.305 e. The molecule has 156 valence electrons. The van der Waals surface area contributed by atoms with E-state index in [1.165, 1.54) is 10.9 Å². The van der Waals surface area contributed by atoms with Gasteiger partial charge in [-0.2, -0.15) is 14.8 Å². The number of carbonyl (C=O) groups excluding carboxylic acids is 2. The van der Waals surface area contributed by atoms with Crippen LogP contribution in [0.25, 0.3) is 11.0 Å². The van der Waals surface area contributed by atoms with Crippen LogP contribution in [0, 0.1) is 0 Å². The summed E-state index contributed by atoms with van der Waals surface area (Å²) in [6.07, 6.45) is 1.41. The Morgan fingerprint density at radius 3 is 2.52 bits per heavy atom. The summed E-state index contributed by atoms with van der Waals surface area (Å²) in [5.41, 5.74) is 2.51. The van der Waals surface area contributed by atoms with Crippen molar-refractivity contribution in [1.82, 2.24) is 19.7 Å². The molecule has 4 rings (SSSR count). The number of aromatic nitrogens is 4. The summed E-state index contributed by atoms with van der Waals surface area (Å²) < 4.78 is 1.35. The molecule has 1 aliphatic rings. The lowest BCUT2D eigenvalue weighted by Gasteiger charge is -2.14. The number of aliphatic imine (C=N–C) groups is 2. The molecule has 3 aromatic rings. The molecule has 0 saturated heterocycles. The van der Waals surface area contributed by atoms with Gasteiger partial charge in [-0.1, -0.05) is 39.5 Å². The van der Waals surface area contributed by atoms with Crippen molar-refractivity contribution >= 4 is 40.3 Å². The normalized spacial score (nSPS) is 14.5. The molecule has 31 heavy (non-hydrogen) atoms. The molecule has 0 radical (unpaired) electrons. The smallest absolute Gasteiger partial charge is 0.281 e. The number of carbonyl (C=O) groups is 2. The third-order valence-electron chi connectivity index (χ3n) is 4.75. The first kappa shape index (κ1) is 20.3. The number of benzene rings is 1. The number of hydrogen-bond donors (Lipinski definition) is 1. The molecule has 0 atom stereocenters. The van der Waals surface area contributed by atoms with Gasteiger partial charge in [-0.05, 0) is 19.1 Å². The van der Waals surface area contributed by atoms with E-state index in [1.807, 2.05) is 39.0 Å². The maximum absolute atomic E-state index is 12.9. The number of rotatable bonds is 2. The second kappa shape index (κ2) is 7.35. The summed E-state index contributed by atoms with van der Waals surface area (Å²) in [6, 6.07) is 9.02. The monoisotopic (exact) mass is 415 g/mol. The van der Waals surface area contributed by atoms with Crippen molar-refractivity contribution in [2.45, 2.75) is 33.1 Å². The highest BCUT2D eigenvalue weighted by molar-refractivity contribution is 6.28. The van der Waals surface area contributed by atoms with Crippen LogP contribution in [0.2, 0.25) is 0 Å². The molecule has 2 aromatic heterocycles. The zero-order valence-corrected chi connectivity index (χ0v) is 17.7. The molecule has 1 aromatic carbocycles. The van der Waals surface area contributed by atoms with Crippen LogP contribution in [-0.4, -0.2) is 43.2 Å². The van der Waals surface area contributed by atoms with Crippen LogP contribution in [0.4, 0.5) is 5.82 Å². The summed E-state index contributed by atoms with van der Waals surface area (Å²) in [5.74, 6) is -0.577. The Kier molecular flexibility index (Phi) is 4.81. The average molecular weight is 415 g/mol. The SMILES string of the molecule is C=C1C(=O)N=C(n2nc(C(C)(C)C)cc2NC(=O)c2cnc3ccccc3n2)N=C1C. The quantitative estimate of drug-likeness (QED) is 0.646. The summed E-state index contributed by atoms with van der Waals surface area (Å²) in [7, 11) is 0. The highest BCUT2D eigenvalue weighted by atomic mass is 16.2. The first-order valence-electron chi connectivity index (χ1n) is 9.65. The first-order valence-corrected chi connectivity index (χ1v) is 9.65. The van der Waals surface area contributed by atoms with Crippen molar-refractivity contribution in [3.05, 3.63) is 60.1 Å². The van der Waals surface area contributed by atoms with E-state index in [4.69, 9.17) is 0 Å². The Hall–Kier alpha value is -4.01. The summed E-state index contributed by atoms with van der Waals surface area (Å²) in [4.78, 5) is 42.0. The van der Waals surface area contributed by atoms with Crippen molar-refractivity contribution in [1.29, 1.82) is 0 Å². The number of hydrogen-bond acceptors (Lipinski definition) is 6. The van der Waals surface area contributed by atoms with E-state index in [2.05, 4.69) is 36.9 Å². The molecular weight excluding hydrogens is 394 g/mol. The van der Waals surface area contributed by atoms with Gasteiger partial charge in [0.25, 0.3) is 17.8 Å². The van der Waals surface area contributed by atoms with Gasteiger partial charge in [0, 0.05) is 11.5 Å². The Morgan fingerprint density at radius 2 is 1.84 bits per heavy atom. The van der Waals surface area contributed by atoms with Gasteiger partial charge in [-0.3, -0.25) is 14.6 Å². The Morgan fingerprint density at radius 1 is 1.13 bits per heavy atom. The first-order chi connectivity index (χ1) is 14.6. The topological polar surface area (TPSA) is 114 Å². The molecular formula is C22H21N7O2. The van der Waals surface area contributed by atoms with Gasteiger partial charge in [0.05, 0.1) is 34.2 Å². The number of nitrogens with zero attached hydrogens (tertiary/aromatic N) is 6. The molecule has 9 heteroatoms. The van der Waals surface area contributed by atoms with Crippen molar-refractivity contribution in [2.24, 2.45) is 9.98 Å². The number of amides is 2. The standard InChI is InChI=1S/C22H21N7O2/c1-12-13(2)24-21(27-19(12)30)29-18(10-17(28-29)22(3,4)5)26-20(31)16-11-23-14-8-6-7-9-15(14)25-16/h6-11H,1H2,2-5H3,(H,26,31). The predicted octanol–water partition coefficient (Wildman–Crippen LogP) is 3.14. The Labute approximate surface area is 178 Å². The average Bonchev–Trinajstić information content (AvgIpc) is 3.15. The fourth-order valence-electron chi connectivity index (χ4n) is 2.89. The van der Waals surface area contributed by atoms with Gasteiger partial charge in [0.15, 0.2) is 0 Å². The van der Waals surface area contributed by atoms with Crippen LogP contribution in [0.15, 0.2) is 58.7 Å². The lowest BCUT2D eigenvalue weighted by atomic mass is 9.92. The summed E-state index contributed by atoms with van der Waals surface area (Å²) in [5, 5.41) is 7.34. The molecule has 0 saturated carbocycles. The molecule has 1 aliphatic heterocycles. The molecule has 0 spiro atoms. The van der Waals surface area contributed by atoms with Crippen molar-refractivity contribution < 1.29 is 9.59 Å². The van der Waals surface area contributed by atoms with Crippen molar-refractivity contribution in [3.63, 3.8) is 0 Å². The Bertz CT molecular complexity index is 1310. The fraction of sp³-hybridized carbons (Fsp3) is 0.227. The van der Waals surface area contributed by atoms with Crippen LogP contribution in [0.1, 0.15) is 43.9 Å². The molecule has 0 unspecified atom stereocenters. The lowest BCUT2D eigenvalue weighted by molar-refractivity contribution is -0.113. The van der Waals surface area contributed by atoms with Crippen LogP contribution < -0.4 is 5.32 Å². The molecule has 9 nitrogen and oxygen atoms in total. The lowest BCUT2D eigenvalue weighted by Crippen LogP contribution is -2.26. The van der Waals surface area contributed by atoms with Gasteiger partial charge in [0.1, 0.15) is 11.5 Å². The zero-order valence-electron chi connectivity index (χ0n) is 17.7. The van der Waals surface area contributed by atoms with Gasteiger partial charge in [0.2, 0.25) is 0 Å². The van der Waals surface area contributed by atoms with Crippen molar-refractivity contribution in [3.8, 4) is 0 Å². The van der Waals surface area contributed by atoms with Crippen LogP contribution in [-0.2, 0) is 10.2 Å². The number of fused-ring (bicyclic) bond motifs is 1. The fourth-order valence-corrected chi connectivity index (χ4v) is 2.89. The third kappa shape index (κ3) is 3.89. The molecule has 1 N–H and O–H groups in total. The summed E-state index contributed by atoms with van der Waals surface area (Å²) in [6.45, 7) is 11.3. The van der Waals surface area contributed by atoms with Crippen molar-refractivity contribution in [2.75, 3.05) is 5.32 Å². The molecule has 0 fully saturated rings. The highest BCUT2D eigenvalue weighted by Gasteiger charge is 2.26. The second-order valence-electron chi connectivity index (χ2n) is 8.17. The highest BCUT2D eigenvalue weighted by Crippen LogP contribution is 2.25. The maximum atomic E-state index is 12.9. The third-order valence-corrected chi connectivity index (χ3v) is 4.75. The minimum Gasteiger partial charge on any atom is -0.305 e. The summed E-state index contributed by atoms with van der Waals surface area (Å²) >= 11 is 0. The second-order valence-corrected chi connectivity index (χ2v) is 8.17. The molecule has 3 heterocycles. The van der Waals surface area contributed by atoms with E-state index < -0.39 is 11.8 Å². The van der Waals surface area contributed by atoms with E-state index in [1.54, 1.807) is 19.1 Å². The van der Waals surface area contributed by atoms with E-state index >= 15 is 0 Å². The predicted molar refractivity (Wildman–Crippen MR) is 119 cm³/mol. The molecule has 2 amide bonds. The minimum absolute atomic E-state index is 0.0605. The van der Waals surface area contributed by atoms with E-state index in [0.717, 1.165) is 0 Å². The zero-order chi connectivity index (χ0) is 22.3. The van der Waals surface area contributed by atoms with Crippen LogP contribution in [0.5, 0.6) is 0 Å². The maximum Gasteiger partial charge on any atom is 0.281 e. The van der Waals surface area contributed by atoms with E-state index in [9.17, 15) is 9.59 Å². The molecule has 0 aliphatic carbocycles. The van der Waals surface area contributed by atoms with Gasteiger partial charge in [-0.25, -0.2) is 9.98 Å². The number of anilines is 1. The minimum atomic E-state index is -0.493.